The van der Waals surface area contributed by atoms with E-state index < -0.39 is 24.0 Å². The van der Waals surface area contributed by atoms with Gasteiger partial charge in [-0.2, -0.15) is 0 Å². The molecule has 4 rings (SSSR count). The molecule has 0 aliphatic heterocycles. The van der Waals surface area contributed by atoms with Gasteiger partial charge >= 0.3 is 5.97 Å². The molecule has 8 nitrogen and oxygen atoms in total. The van der Waals surface area contributed by atoms with Crippen molar-refractivity contribution in [2.75, 3.05) is 0 Å². The molecule has 1 aliphatic rings. The van der Waals surface area contributed by atoms with E-state index in [-0.39, 0.29) is 18.3 Å². The molecule has 9 heteroatoms. The molecular formula is C28H30N4O4S. The van der Waals surface area contributed by atoms with Gasteiger partial charge in [-0.1, -0.05) is 97.6 Å². The molecule has 0 spiro atoms. The zero-order chi connectivity index (χ0) is 26.2. The topological polar surface area (TPSA) is 131 Å². The minimum absolute atomic E-state index is 0.0687. The van der Waals surface area contributed by atoms with Crippen molar-refractivity contribution in [2.45, 2.75) is 48.7 Å². The molecule has 2 aromatic carbocycles. The highest BCUT2D eigenvalue weighted by atomic mass is 32.2. The number of allylic oxidation sites excluding steroid dienone is 4. The van der Waals surface area contributed by atoms with Gasteiger partial charge in [-0.3, -0.25) is 4.79 Å². The Balaban J connectivity index is 1.33. The van der Waals surface area contributed by atoms with Crippen LogP contribution in [0.5, 0.6) is 0 Å². The Kier molecular flexibility index (Phi) is 8.92. The van der Waals surface area contributed by atoms with E-state index in [0.29, 0.717) is 23.3 Å². The Hall–Kier alpha value is -3.69. The summed E-state index contributed by atoms with van der Waals surface area (Å²) in [5.74, 6) is -0.0751. The van der Waals surface area contributed by atoms with Crippen molar-refractivity contribution in [2.24, 2.45) is 11.7 Å². The summed E-state index contributed by atoms with van der Waals surface area (Å²) in [4.78, 5) is 24.5. The molecule has 1 amide bonds. The lowest BCUT2D eigenvalue weighted by atomic mass is 9.90. The van der Waals surface area contributed by atoms with Gasteiger partial charge < -0.3 is 20.6 Å². The smallest absolute Gasteiger partial charge is 0.326 e. The number of hydrogen-bond acceptors (Lipinski definition) is 7. The van der Waals surface area contributed by atoms with Crippen molar-refractivity contribution < 1.29 is 19.1 Å². The quantitative estimate of drug-likeness (QED) is 0.326. The Labute approximate surface area is 220 Å². The van der Waals surface area contributed by atoms with Gasteiger partial charge in [0, 0.05) is 12.2 Å². The monoisotopic (exact) mass is 518 g/mol. The van der Waals surface area contributed by atoms with E-state index in [0.717, 1.165) is 16.7 Å². The molecule has 3 aromatic rings. The first-order valence-corrected chi connectivity index (χ1v) is 13.1. The number of nitrogens with one attached hydrogen (secondary N) is 1. The molecule has 4 atom stereocenters. The number of aliphatic carboxylic acids is 1. The lowest BCUT2D eigenvalue weighted by molar-refractivity contribution is -0.141. The molecule has 0 saturated heterocycles. The summed E-state index contributed by atoms with van der Waals surface area (Å²) in [5, 5.41) is 21.2. The Bertz CT molecular complexity index is 1270. The van der Waals surface area contributed by atoms with Gasteiger partial charge in [0.15, 0.2) is 0 Å². The molecule has 4 N–H and O–H groups in total. The first kappa shape index (κ1) is 26.4. The average Bonchev–Trinajstić information content (AvgIpc) is 3.37. The highest BCUT2D eigenvalue weighted by Gasteiger charge is 2.24. The molecule has 1 aromatic heterocycles. The summed E-state index contributed by atoms with van der Waals surface area (Å²) in [7, 11) is 0. The molecule has 1 aliphatic carbocycles. The number of carboxylic acid groups (broad SMARTS) is 1. The maximum Gasteiger partial charge on any atom is 0.326 e. The van der Waals surface area contributed by atoms with Crippen LogP contribution < -0.4 is 11.1 Å². The summed E-state index contributed by atoms with van der Waals surface area (Å²) in [5.41, 5.74) is 8.72. The Morgan fingerprint density at radius 2 is 1.76 bits per heavy atom. The molecule has 37 heavy (non-hydrogen) atoms. The third kappa shape index (κ3) is 7.41. The van der Waals surface area contributed by atoms with E-state index in [2.05, 4.69) is 34.6 Å². The third-order valence-corrected chi connectivity index (χ3v) is 7.05. The van der Waals surface area contributed by atoms with E-state index in [9.17, 15) is 14.7 Å². The van der Waals surface area contributed by atoms with Crippen LogP contribution in [0.25, 0.3) is 0 Å². The summed E-state index contributed by atoms with van der Waals surface area (Å²) in [6, 6.07) is 15.0. The number of carbonyl (C=O) groups is 2. The maximum absolute atomic E-state index is 12.6. The van der Waals surface area contributed by atoms with Gasteiger partial charge in [0.25, 0.3) is 5.22 Å². The van der Waals surface area contributed by atoms with E-state index in [4.69, 9.17) is 10.2 Å². The second-order valence-corrected chi connectivity index (χ2v) is 10.00. The summed E-state index contributed by atoms with van der Waals surface area (Å²) < 4.78 is 5.87. The fraction of sp³-hybridized carbons (Fsp3) is 0.286. The summed E-state index contributed by atoms with van der Waals surface area (Å²) in [6.07, 6.45) is 8.63. The highest BCUT2D eigenvalue weighted by molar-refractivity contribution is 7.98. The number of hydrogen-bond donors (Lipinski definition) is 3. The van der Waals surface area contributed by atoms with E-state index >= 15 is 0 Å². The van der Waals surface area contributed by atoms with Gasteiger partial charge in [0.1, 0.15) is 6.04 Å². The van der Waals surface area contributed by atoms with E-state index in [1.807, 2.05) is 66.7 Å². The summed E-state index contributed by atoms with van der Waals surface area (Å²) >= 11 is 1.42. The number of amides is 1. The second kappa shape index (κ2) is 12.5. The van der Waals surface area contributed by atoms with Gasteiger partial charge in [0.05, 0.1) is 12.0 Å². The molecule has 0 fully saturated rings. The lowest BCUT2D eigenvalue weighted by Gasteiger charge is -2.18. The Morgan fingerprint density at radius 3 is 2.51 bits per heavy atom. The molecule has 4 unspecified atom stereocenters. The van der Waals surface area contributed by atoms with Crippen LogP contribution in [-0.4, -0.2) is 39.3 Å². The maximum atomic E-state index is 12.6. The zero-order valence-electron chi connectivity index (χ0n) is 20.5. The van der Waals surface area contributed by atoms with Crippen LogP contribution in [-0.2, 0) is 28.2 Å². The van der Waals surface area contributed by atoms with Gasteiger partial charge in [-0.05, 0) is 29.0 Å². The number of nitrogens with two attached hydrogens (primary N) is 1. The van der Waals surface area contributed by atoms with Crippen LogP contribution in [0.2, 0.25) is 0 Å². The van der Waals surface area contributed by atoms with Gasteiger partial charge in [-0.25, -0.2) is 4.79 Å². The number of carboxylic acids is 1. The molecule has 0 saturated carbocycles. The van der Waals surface area contributed by atoms with Crippen LogP contribution in [0, 0.1) is 5.92 Å². The van der Waals surface area contributed by atoms with E-state index in [1.165, 1.54) is 11.8 Å². The average molecular weight is 519 g/mol. The molecule has 192 valence electrons. The first-order valence-electron chi connectivity index (χ1n) is 12.1. The van der Waals surface area contributed by atoms with Crippen molar-refractivity contribution in [1.29, 1.82) is 0 Å². The molecule has 1 heterocycles. The van der Waals surface area contributed by atoms with Gasteiger partial charge in [-0.15, -0.1) is 10.2 Å². The van der Waals surface area contributed by atoms with Crippen molar-refractivity contribution >= 4 is 23.6 Å². The zero-order valence-corrected chi connectivity index (χ0v) is 21.3. The number of thioether (sulfide) groups is 1. The molecular weight excluding hydrogens is 488 g/mol. The normalized spacial score (nSPS) is 18.3. The lowest BCUT2D eigenvalue weighted by Crippen LogP contribution is -2.50. The second-order valence-electron chi connectivity index (χ2n) is 9.07. The van der Waals surface area contributed by atoms with Crippen molar-refractivity contribution in [3.8, 4) is 0 Å². The number of benzene rings is 2. The van der Waals surface area contributed by atoms with Crippen LogP contribution in [0.1, 0.15) is 35.4 Å². The molecule has 0 bridgehead atoms. The number of aromatic nitrogens is 2. The third-order valence-electron chi connectivity index (χ3n) is 6.16. The predicted octanol–water partition coefficient (Wildman–Crippen LogP) is 3.89. The predicted molar refractivity (Wildman–Crippen MR) is 142 cm³/mol. The van der Waals surface area contributed by atoms with Crippen molar-refractivity contribution in [1.82, 2.24) is 15.5 Å². The standard InChI is InChI=1S/C28H30N4O4S/c1-18-8-5-6-13-22(18)26-31-32-28(36-26)37-17-21-12-7-11-20(14-21)16-24(27(34)35)30-25(33)23(29)15-19-9-3-2-4-10-19/h2-14,18,22-24H,15-17,29H2,1H3,(H,30,33)(H,34,35). The van der Waals surface area contributed by atoms with Crippen LogP contribution >= 0.6 is 11.8 Å². The minimum Gasteiger partial charge on any atom is -0.480 e. The molecule has 0 radical (unpaired) electrons. The van der Waals surface area contributed by atoms with Crippen LogP contribution in [0.3, 0.4) is 0 Å². The van der Waals surface area contributed by atoms with Gasteiger partial charge in [0.2, 0.25) is 11.8 Å². The minimum atomic E-state index is -1.11. The van der Waals surface area contributed by atoms with Crippen LogP contribution in [0.15, 0.2) is 88.5 Å². The van der Waals surface area contributed by atoms with Crippen LogP contribution in [0.4, 0.5) is 0 Å². The highest BCUT2D eigenvalue weighted by Crippen LogP contribution is 2.31. The Morgan fingerprint density at radius 1 is 1.03 bits per heavy atom. The SMILES string of the molecule is CC1C=CC=CC1c1nnc(SCc2cccc(CC(NC(=O)C(N)Cc3ccccc3)C(=O)O)c2)o1. The largest absolute Gasteiger partial charge is 0.480 e. The summed E-state index contributed by atoms with van der Waals surface area (Å²) in [6.45, 7) is 2.11. The fourth-order valence-corrected chi connectivity index (χ4v) is 4.82. The number of carbonyl (C=O) groups excluding carboxylic acids is 1. The van der Waals surface area contributed by atoms with Crippen molar-refractivity contribution in [3.63, 3.8) is 0 Å². The fourth-order valence-electron chi connectivity index (χ4n) is 4.11. The number of rotatable bonds is 11. The van der Waals surface area contributed by atoms with E-state index in [1.54, 1.807) is 0 Å². The van der Waals surface area contributed by atoms with Crippen molar-refractivity contribution in [3.05, 3.63) is 101 Å². The first-order chi connectivity index (χ1) is 17.9. The number of nitrogens with zero attached hydrogens (tertiary/aromatic N) is 2.